The molecule has 0 bridgehead atoms. The average Bonchev–Trinajstić information content (AvgIpc) is 3.15. The number of rotatable bonds is 4. The third-order valence-electron chi connectivity index (χ3n) is 4.24. The molecule has 1 aromatic heterocycles. The van der Waals surface area contributed by atoms with Crippen molar-refractivity contribution in [1.82, 2.24) is 10.3 Å². The van der Waals surface area contributed by atoms with Crippen LogP contribution in [0.4, 0.5) is 18.9 Å². The van der Waals surface area contributed by atoms with Crippen LogP contribution in [-0.2, 0) is 0 Å². The zero-order chi connectivity index (χ0) is 18.7. The lowest BCUT2D eigenvalue weighted by molar-refractivity contribution is 0.0937. The zero-order valence-corrected chi connectivity index (χ0v) is 13.7. The highest BCUT2D eigenvalue weighted by Crippen LogP contribution is 2.21. The highest BCUT2D eigenvalue weighted by Gasteiger charge is 2.20. The average molecular weight is 363 g/mol. The Balaban J connectivity index is 1.74. The van der Waals surface area contributed by atoms with Crippen molar-refractivity contribution in [2.45, 2.75) is 31.7 Å². The van der Waals surface area contributed by atoms with Crippen molar-refractivity contribution in [3.05, 3.63) is 59.2 Å². The number of anilines is 1. The second kappa shape index (κ2) is 7.55. The number of pyridine rings is 1. The number of carbonyl (C=O) groups excluding carboxylic acids is 2. The Kier molecular flexibility index (Phi) is 5.20. The molecule has 0 spiro atoms. The van der Waals surface area contributed by atoms with Gasteiger partial charge >= 0.3 is 0 Å². The molecular formula is C18H16F3N3O2. The van der Waals surface area contributed by atoms with Gasteiger partial charge < -0.3 is 10.6 Å². The maximum atomic E-state index is 13.7. The SMILES string of the molecule is O=C(Nc1ccc(F)c(F)c1F)c1cncc(C(=O)NC2CCCC2)c1. The van der Waals surface area contributed by atoms with E-state index in [1.165, 1.54) is 18.5 Å². The summed E-state index contributed by atoms with van der Waals surface area (Å²) in [6.45, 7) is 0. The number of aromatic nitrogens is 1. The molecule has 5 nitrogen and oxygen atoms in total. The molecule has 2 N–H and O–H groups in total. The molecule has 1 aliphatic carbocycles. The predicted molar refractivity (Wildman–Crippen MR) is 88.2 cm³/mol. The first-order valence-corrected chi connectivity index (χ1v) is 8.16. The molecule has 1 aliphatic rings. The minimum Gasteiger partial charge on any atom is -0.349 e. The first kappa shape index (κ1) is 17.9. The molecule has 0 saturated heterocycles. The van der Waals surface area contributed by atoms with Crippen molar-refractivity contribution < 1.29 is 22.8 Å². The van der Waals surface area contributed by atoms with Gasteiger partial charge in [0.1, 0.15) is 0 Å². The third kappa shape index (κ3) is 3.84. The van der Waals surface area contributed by atoms with Crippen LogP contribution in [0.2, 0.25) is 0 Å². The number of amides is 2. The zero-order valence-electron chi connectivity index (χ0n) is 13.7. The van der Waals surface area contributed by atoms with Crippen molar-refractivity contribution in [3.8, 4) is 0 Å². The van der Waals surface area contributed by atoms with Crippen molar-refractivity contribution in [2.24, 2.45) is 0 Å². The van der Waals surface area contributed by atoms with Gasteiger partial charge in [-0.15, -0.1) is 0 Å². The summed E-state index contributed by atoms with van der Waals surface area (Å²) in [5, 5.41) is 5.01. The van der Waals surface area contributed by atoms with Crippen molar-refractivity contribution in [2.75, 3.05) is 5.32 Å². The molecule has 2 amide bonds. The van der Waals surface area contributed by atoms with E-state index >= 15 is 0 Å². The molecule has 2 aromatic rings. The Bertz CT molecular complexity index is 852. The van der Waals surface area contributed by atoms with E-state index in [4.69, 9.17) is 0 Å². The summed E-state index contributed by atoms with van der Waals surface area (Å²) in [4.78, 5) is 28.3. The van der Waals surface area contributed by atoms with E-state index in [1.807, 2.05) is 0 Å². The lowest BCUT2D eigenvalue weighted by Gasteiger charge is -2.12. The second-order valence-electron chi connectivity index (χ2n) is 6.09. The molecule has 1 fully saturated rings. The largest absolute Gasteiger partial charge is 0.349 e. The van der Waals surface area contributed by atoms with Crippen LogP contribution in [0.3, 0.4) is 0 Å². The molecule has 0 atom stereocenters. The van der Waals surface area contributed by atoms with Crippen LogP contribution < -0.4 is 10.6 Å². The summed E-state index contributed by atoms with van der Waals surface area (Å²) < 4.78 is 39.9. The summed E-state index contributed by atoms with van der Waals surface area (Å²) in [5.41, 5.74) is -0.321. The minimum absolute atomic E-state index is 0.00629. The summed E-state index contributed by atoms with van der Waals surface area (Å²) >= 11 is 0. The van der Waals surface area contributed by atoms with E-state index in [2.05, 4.69) is 15.6 Å². The molecular weight excluding hydrogens is 347 g/mol. The Labute approximate surface area is 147 Å². The van der Waals surface area contributed by atoms with Gasteiger partial charge in [-0.3, -0.25) is 14.6 Å². The fourth-order valence-electron chi connectivity index (χ4n) is 2.84. The van der Waals surface area contributed by atoms with E-state index in [-0.39, 0.29) is 23.1 Å². The number of hydrogen-bond acceptors (Lipinski definition) is 3. The minimum atomic E-state index is -1.68. The number of halogens is 3. The highest BCUT2D eigenvalue weighted by atomic mass is 19.2. The maximum Gasteiger partial charge on any atom is 0.257 e. The lowest BCUT2D eigenvalue weighted by Crippen LogP contribution is -2.32. The highest BCUT2D eigenvalue weighted by molar-refractivity contribution is 6.05. The van der Waals surface area contributed by atoms with Gasteiger partial charge in [-0.2, -0.15) is 0 Å². The van der Waals surface area contributed by atoms with Crippen LogP contribution in [0, 0.1) is 17.5 Å². The van der Waals surface area contributed by atoms with Crippen molar-refractivity contribution in [1.29, 1.82) is 0 Å². The van der Waals surface area contributed by atoms with Gasteiger partial charge in [0.2, 0.25) is 0 Å². The van der Waals surface area contributed by atoms with E-state index < -0.39 is 29.0 Å². The maximum absolute atomic E-state index is 13.7. The molecule has 0 radical (unpaired) electrons. The summed E-state index contributed by atoms with van der Waals surface area (Å²) in [6, 6.07) is 3.04. The van der Waals surface area contributed by atoms with Gasteiger partial charge in [0.25, 0.3) is 11.8 Å². The molecule has 136 valence electrons. The van der Waals surface area contributed by atoms with Crippen molar-refractivity contribution in [3.63, 3.8) is 0 Å². The molecule has 8 heteroatoms. The van der Waals surface area contributed by atoms with Crippen LogP contribution in [0.1, 0.15) is 46.4 Å². The van der Waals surface area contributed by atoms with E-state index in [0.29, 0.717) is 6.07 Å². The van der Waals surface area contributed by atoms with Gasteiger partial charge in [-0.25, -0.2) is 13.2 Å². The molecule has 1 saturated carbocycles. The lowest BCUT2D eigenvalue weighted by atomic mass is 10.1. The Morgan fingerprint density at radius 1 is 0.962 bits per heavy atom. The molecule has 3 rings (SSSR count). The number of carbonyl (C=O) groups is 2. The summed E-state index contributed by atoms with van der Waals surface area (Å²) in [7, 11) is 0. The number of hydrogen-bond donors (Lipinski definition) is 2. The van der Waals surface area contributed by atoms with Gasteiger partial charge in [0.15, 0.2) is 17.5 Å². The first-order chi connectivity index (χ1) is 12.5. The van der Waals surface area contributed by atoms with Gasteiger partial charge in [-0.1, -0.05) is 12.8 Å². The Hall–Kier alpha value is -2.90. The second-order valence-corrected chi connectivity index (χ2v) is 6.09. The smallest absolute Gasteiger partial charge is 0.257 e. The normalized spacial score (nSPS) is 14.3. The Morgan fingerprint density at radius 2 is 1.62 bits per heavy atom. The number of nitrogens with one attached hydrogen (secondary N) is 2. The number of nitrogens with zero attached hydrogens (tertiary/aromatic N) is 1. The quantitative estimate of drug-likeness (QED) is 0.818. The van der Waals surface area contributed by atoms with Gasteiger partial charge in [0, 0.05) is 18.4 Å². The number of benzene rings is 1. The van der Waals surface area contributed by atoms with Crippen molar-refractivity contribution >= 4 is 17.5 Å². The molecule has 26 heavy (non-hydrogen) atoms. The molecule has 0 unspecified atom stereocenters. The molecule has 1 heterocycles. The Morgan fingerprint density at radius 3 is 2.31 bits per heavy atom. The van der Waals surface area contributed by atoms with E-state index in [1.54, 1.807) is 0 Å². The van der Waals surface area contributed by atoms with Crippen LogP contribution in [0.5, 0.6) is 0 Å². The van der Waals surface area contributed by atoms with Crippen LogP contribution in [0.15, 0.2) is 30.6 Å². The topological polar surface area (TPSA) is 71.1 Å². The van der Waals surface area contributed by atoms with Crippen LogP contribution in [0.25, 0.3) is 0 Å². The van der Waals surface area contributed by atoms with Crippen LogP contribution >= 0.6 is 0 Å². The molecule has 1 aromatic carbocycles. The van der Waals surface area contributed by atoms with E-state index in [9.17, 15) is 22.8 Å². The van der Waals surface area contributed by atoms with Gasteiger partial charge in [-0.05, 0) is 31.0 Å². The summed E-state index contributed by atoms with van der Waals surface area (Å²) in [5.74, 6) is -5.67. The van der Waals surface area contributed by atoms with Crippen LogP contribution in [-0.4, -0.2) is 22.8 Å². The summed E-state index contributed by atoms with van der Waals surface area (Å²) in [6.07, 6.45) is 6.46. The standard InChI is InChI=1S/C18H16F3N3O2/c19-13-5-6-14(16(21)15(13)20)24-18(26)11-7-10(8-22-9-11)17(25)23-12-3-1-2-4-12/h5-9,12H,1-4H2,(H,23,25)(H,24,26). The monoisotopic (exact) mass is 363 g/mol. The first-order valence-electron chi connectivity index (χ1n) is 8.16. The fraction of sp³-hybridized carbons (Fsp3) is 0.278. The predicted octanol–water partition coefficient (Wildman–Crippen LogP) is 3.42. The van der Waals surface area contributed by atoms with E-state index in [0.717, 1.165) is 31.7 Å². The fourth-order valence-corrected chi connectivity index (χ4v) is 2.84. The molecule has 0 aliphatic heterocycles. The van der Waals surface area contributed by atoms with Gasteiger partial charge in [0.05, 0.1) is 16.8 Å². The third-order valence-corrected chi connectivity index (χ3v) is 4.24.